The molecule has 2 aromatic heterocycles. The van der Waals surface area contributed by atoms with Gasteiger partial charge in [0.2, 0.25) is 0 Å². The lowest BCUT2D eigenvalue weighted by Gasteiger charge is -2.17. The number of halogens is 2. The van der Waals surface area contributed by atoms with Gasteiger partial charge in [-0.05, 0) is 45.1 Å². The van der Waals surface area contributed by atoms with Crippen LogP contribution in [0.1, 0.15) is 5.56 Å². The molecule has 2 heterocycles. The molecule has 0 aliphatic carbocycles. The van der Waals surface area contributed by atoms with Crippen molar-refractivity contribution in [1.29, 1.82) is 0 Å². The number of thiophene rings is 1. The van der Waals surface area contributed by atoms with Gasteiger partial charge in [-0.1, -0.05) is 17.7 Å². The highest BCUT2D eigenvalue weighted by Gasteiger charge is 2.05. The minimum Gasteiger partial charge on any atom is -0.355 e. The molecule has 16 heavy (non-hydrogen) atoms. The number of aromatic nitrogens is 1. The highest BCUT2D eigenvalue weighted by atomic mass is 79.9. The Bertz CT molecular complexity index is 486. The smallest absolute Gasteiger partial charge is 0.131 e. The fourth-order valence-corrected chi connectivity index (χ4v) is 2.75. The van der Waals surface area contributed by atoms with E-state index in [1.807, 2.05) is 19.2 Å². The highest BCUT2D eigenvalue weighted by molar-refractivity contribution is 9.11. The molecule has 0 bridgehead atoms. The molecule has 0 saturated heterocycles. The molecule has 2 rings (SSSR count). The van der Waals surface area contributed by atoms with Gasteiger partial charge in [-0.3, -0.25) is 0 Å². The van der Waals surface area contributed by atoms with Crippen LogP contribution in [0, 0.1) is 0 Å². The number of anilines is 1. The van der Waals surface area contributed by atoms with Gasteiger partial charge < -0.3 is 4.90 Å². The van der Waals surface area contributed by atoms with E-state index in [0.29, 0.717) is 5.15 Å². The quantitative estimate of drug-likeness (QED) is 0.789. The second kappa shape index (κ2) is 5.17. The van der Waals surface area contributed by atoms with E-state index in [-0.39, 0.29) is 0 Å². The Hall–Kier alpha value is -0.580. The number of hydrogen-bond acceptors (Lipinski definition) is 3. The lowest BCUT2D eigenvalue weighted by molar-refractivity contribution is 0.902. The molecule has 0 N–H and O–H groups in total. The van der Waals surface area contributed by atoms with Crippen LogP contribution in [0.2, 0.25) is 5.15 Å². The van der Waals surface area contributed by atoms with E-state index in [1.165, 1.54) is 5.56 Å². The van der Waals surface area contributed by atoms with Crippen molar-refractivity contribution in [3.8, 4) is 0 Å². The average Bonchev–Trinajstić information content (AvgIpc) is 2.64. The van der Waals surface area contributed by atoms with E-state index in [2.05, 4.69) is 37.3 Å². The minimum absolute atomic E-state index is 0.524. The number of nitrogens with zero attached hydrogens (tertiary/aromatic N) is 2. The molecule has 2 nitrogen and oxygen atoms in total. The van der Waals surface area contributed by atoms with E-state index in [4.69, 9.17) is 11.6 Å². The van der Waals surface area contributed by atoms with Gasteiger partial charge in [0.25, 0.3) is 0 Å². The van der Waals surface area contributed by atoms with Crippen LogP contribution >= 0.6 is 38.9 Å². The fraction of sp³-hybridized carbons (Fsp3) is 0.182. The Morgan fingerprint density at radius 3 is 2.94 bits per heavy atom. The van der Waals surface area contributed by atoms with Gasteiger partial charge in [-0.2, -0.15) is 0 Å². The summed E-state index contributed by atoms with van der Waals surface area (Å²) in [5.74, 6) is 0.884. The van der Waals surface area contributed by atoms with Crippen molar-refractivity contribution in [2.45, 2.75) is 6.54 Å². The predicted octanol–water partition coefficient (Wildman–Crippen LogP) is 4.20. The molecule has 5 heteroatoms. The van der Waals surface area contributed by atoms with Gasteiger partial charge in [-0.25, -0.2) is 4.98 Å². The average molecular weight is 318 g/mol. The fourth-order valence-electron chi connectivity index (χ4n) is 1.39. The third kappa shape index (κ3) is 2.97. The molecule has 0 unspecified atom stereocenters. The van der Waals surface area contributed by atoms with E-state index in [0.717, 1.165) is 16.1 Å². The van der Waals surface area contributed by atoms with Gasteiger partial charge in [0.15, 0.2) is 0 Å². The molecule has 0 aliphatic rings. The molecule has 0 amide bonds. The maximum atomic E-state index is 5.85. The topological polar surface area (TPSA) is 16.1 Å². The molecule has 2 aromatic rings. The molecular weight excluding hydrogens is 308 g/mol. The second-order valence-corrected chi connectivity index (χ2v) is 6.11. The Labute approximate surface area is 112 Å². The number of pyridine rings is 1. The molecule has 0 saturated carbocycles. The van der Waals surface area contributed by atoms with Crippen molar-refractivity contribution in [3.05, 3.63) is 44.1 Å². The zero-order valence-electron chi connectivity index (χ0n) is 8.65. The van der Waals surface area contributed by atoms with Gasteiger partial charge in [-0.15, -0.1) is 11.3 Å². The van der Waals surface area contributed by atoms with Gasteiger partial charge in [0.05, 0.1) is 3.79 Å². The largest absolute Gasteiger partial charge is 0.355 e. The van der Waals surface area contributed by atoms with Crippen molar-refractivity contribution >= 4 is 44.7 Å². The first kappa shape index (κ1) is 11.9. The van der Waals surface area contributed by atoms with Gasteiger partial charge >= 0.3 is 0 Å². The third-order valence-corrected chi connectivity index (χ3v) is 3.90. The molecule has 0 aromatic carbocycles. The maximum Gasteiger partial charge on any atom is 0.131 e. The number of hydrogen-bond donors (Lipinski definition) is 0. The van der Waals surface area contributed by atoms with Crippen molar-refractivity contribution in [2.75, 3.05) is 11.9 Å². The minimum atomic E-state index is 0.524. The van der Waals surface area contributed by atoms with Crippen molar-refractivity contribution < 1.29 is 0 Å². The SMILES string of the molecule is CN(Cc1csc(Br)c1)c1cccc(Cl)n1. The normalized spacial score (nSPS) is 10.4. The van der Waals surface area contributed by atoms with Crippen LogP contribution < -0.4 is 4.90 Å². The maximum absolute atomic E-state index is 5.85. The van der Waals surface area contributed by atoms with Gasteiger partial charge in [0.1, 0.15) is 11.0 Å². The van der Waals surface area contributed by atoms with E-state index in [9.17, 15) is 0 Å². The van der Waals surface area contributed by atoms with Crippen LogP contribution in [0.3, 0.4) is 0 Å². The first-order chi connectivity index (χ1) is 7.65. The summed E-state index contributed by atoms with van der Waals surface area (Å²) in [6, 6.07) is 7.75. The molecule has 0 radical (unpaired) electrons. The third-order valence-electron chi connectivity index (χ3n) is 2.13. The molecule has 0 aliphatic heterocycles. The lowest BCUT2D eigenvalue weighted by Crippen LogP contribution is -2.17. The van der Waals surface area contributed by atoms with Crippen LogP contribution in [-0.4, -0.2) is 12.0 Å². The first-order valence-electron chi connectivity index (χ1n) is 4.72. The van der Waals surface area contributed by atoms with Crippen LogP contribution in [0.5, 0.6) is 0 Å². The Balaban J connectivity index is 2.11. The van der Waals surface area contributed by atoms with E-state index >= 15 is 0 Å². The monoisotopic (exact) mass is 316 g/mol. The molecule has 0 spiro atoms. The van der Waals surface area contributed by atoms with E-state index in [1.54, 1.807) is 17.4 Å². The number of rotatable bonds is 3. The van der Waals surface area contributed by atoms with Crippen LogP contribution in [-0.2, 0) is 6.54 Å². The molecule has 84 valence electrons. The lowest BCUT2D eigenvalue weighted by atomic mass is 10.3. The summed E-state index contributed by atoms with van der Waals surface area (Å²) in [4.78, 5) is 6.33. The highest BCUT2D eigenvalue weighted by Crippen LogP contribution is 2.23. The van der Waals surface area contributed by atoms with Crippen molar-refractivity contribution in [2.24, 2.45) is 0 Å². The summed E-state index contributed by atoms with van der Waals surface area (Å²) in [5, 5.41) is 2.65. The first-order valence-corrected chi connectivity index (χ1v) is 6.77. The van der Waals surface area contributed by atoms with Crippen LogP contribution in [0.25, 0.3) is 0 Å². The van der Waals surface area contributed by atoms with Crippen LogP contribution in [0.4, 0.5) is 5.82 Å². The Morgan fingerprint density at radius 2 is 2.31 bits per heavy atom. The van der Waals surface area contributed by atoms with Crippen molar-refractivity contribution in [3.63, 3.8) is 0 Å². The van der Waals surface area contributed by atoms with Crippen LogP contribution in [0.15, 0.2) is 33.4 Å². The summed E-state index contributed by atoms with van der Waals surface area (Å²) in [6.07, 6.45) is 0. The Kier molecular flexibility index (Phi) is 3.84. The van der Waals surface area contributed by atoms with Crippen molar-refractivity contribution in [1.82, 2.24) is 4.98 Å². The van der Waals surface area contributed by atoms with E-state index < -0.39 is 0 Å². The van der Waals surface area contributed by atoms with Gasteiger partial charge in [0, 0.05) is 13.6 Å². The summed E-state index contributed by atoms with van der Waals surface area (Å²) in [7, 11) is 2.00. The summed E-state index contributed by atoms with van der Waals surface area (Å²) >= 11 is 11.0. The predicted molar refractivity (Wildman–Crippen MR) is 73.4 cm³/mol. The molecule has 0 atom stereocenters. The standard InChI is InChI=1S/C11H10BrClN2S/c1-15(6-8-5-9(12)16-7-8)11-4-2-3-10(13)14-11/h2-5,7H,6H2,1H3. The zero-order valence-corrected chi connectivity index (χ0v) is 11.8. The second-order valence-electron chi connectivity index (χ2n) is 3.43. The zero-order chi connectivity index (χ0) is 11.5. The molecular formula is C11H10BrClN2S. The summed E-state index contributed by atoms with van der Waals surface area (Å²) in [5.41, 5.74) is 1.26. The summed E-state index contributed by atoms with van der Waals surface area (Å²) < 4.78 is 1.15. The Morgan fingerprint density at radius 1 is 1.50 bits per heavy atom. The molecule has 0 fully saturated rings. The summed E-state index contributed by atoms with van der Waals surface area (Å²) in [6.45, 7) is 0.829.